The minimum absolute atomic E-state index is 0.0346. The van der Waals surface area contributed by atoms with Crippen molar-refractivity contribution in [3.8, 4) is 6.07 Å². The summed E-state index contributed by atoms with van der Waals surface area (Å²) in [5.74, 6) is 1.66. The maximum atomic E-state index is 12.9. The van der Waals surface area contributed by atoms with Gasteiger partial charge in [0.1, 0.15) is 0 Å². The van der Waals surface area contributed by atoms with E-state index in [1.807, 2.05) is 29.2 Å². The fourth-order valence-corrected chi connectivity index (χ4v) is 3.75. The molecule has 7 nitrogen and oxygen atoms in total. The molecule has 1 saturated carbocycles. The number of nitriles is 1. The molecule has 3 aromatic rings. The first-order valence-electron chi connectivity index (χ1n) is 10.3. The number of amides is 1. The lowest BCUT2D eigenvalue weighted by Crippen LogP contribution is -2.49. The number of para-hydroxylation sites is 2. The quantitative estimate of drug-likeness (QED) is 0.727. The first kappa shape index (κ1) is 18.4. The predicted octanol–water partition coefficient (Wildman–Crippen LogP) is 3.04. The first-order valence-corrected chi connectivity index (χ1v) is 10.3. The summed E-state index contributed by atoms with van der Waals surface area (Å²) in [5, 5.41) is 12.6. The average Bonchev–Trinajstić information content (AvgIpc) is 3.62. The van der Waals surface area contributed by atoms with Crippen LogP contribution >= 0.6 is 0 Å². The van der Waals surface area contributed by atoms with Crippen molar-refractivity contribution in [2.45, 2.75) is 18.9 Å². The molecule has 1 N–H and O–H groups in total. The fourth-order valence-electron chi connectivity index (χ4n) is 3.75. The van der Waals surface area contributed by atoms with Gasteiger partial charge in [-0.25, -0.2) is 9.97 Å². The van der Waals surface area contributed by atoms with Crippen molar-refractivity contribution in [3.63, 3.8) is 0 Å². The van der Waals surface area contributed by atoms with Crippen LogP contribution in [0.5, 0.6) is 0 Å². The summed E-state index contributed by atoms with van der Waals surface area (Å²) in [6, 6.07) is 17.4. The molecule has 150 valence electrons. The average molecular weight is 398 g/mol. The lowest BCUT2D eigenvalue weighted by molar-refractivity contribution is 0.0746. The zero-order valence-corrected chi connectivity index (χ0v) is 16.6. The van der Waals surface area contributed by atoms with Crippen LogP contribution in [0.1, 0.15) is 28.8 Å². The van der Waals surface area contributed by atoms with Gasteiger partial charge in [0.2, 0.25) is 0 Å². The number of carbonyl (C=O) groups is 1. The van der Waals surface area contributed by atoms with Gasteiger partial charge in [-0.1, -0.05) is 18.2 Å². The number of aromatic nitrogens is 2. The lowest BCUT2D eigenvalue weighted by atomic mass is 10.1. The largest absolute Gasteiger partial charge is 0.364 e. The van der Waals surface area contributed by atoms with E-state index in [9.17, 15) is 4.79 Å². The van der Waals surface area contributed by atoms with E-state index in [4.69, 9.17) is 15.2 Å². The monoisotopic (exact) mass is 398 g/mol. The third kappa shape index (κ3) is 3.64. The molecular weight excluding hydrogens is 376 g/mol. The fraction of sp³-hybridized carbons (Fsp3) is 0.304. The zero-order chi connectivity index (χ0) is 20.5. The van der Waals surface area contributed by atoms with Crippen molar-refractivity contribution >= 4 is 28.6 Å². The Hall–Kier alpha value is -3.66. The van der Waals surface area contributed by atoms with Gasteiger partial charge in [0.15, 0.2) is 11.6 Å². The Bertz CT molecular complexity index is 1140. The summed E-state index contributed by atoms with van der Waals surface area (Å²) in [4.78, 5) is 26.6. The second kappa shape index (κ2) is 7.64. The van der Waals surface area contributed by atoms with Crippen molar-refractivity contribution < 1.29 is 4.79 Å². The molecule has 1 amide bonds. The summed E-state index contributed by atoms with van der Waals surface area (Å²) >= 11 is 0. The van der Waals surface area contributed by atoms with E-state index in [2.05, 4.69) is 16.3 Å². The van der Waals surface area contributed by atoms with Crippen molar-refractivity contribution in [3.05, 3.63) is 59.7 Å². The highest BCUT2D eigenvalue weighted by atomic mass is 16.2. The summed E-state index contributed by atoms with van der Waals surface area (Å²) < 4.78 is 0. The normalized spacial score (nSPS) is 16.4. The predicted molar refractivity (Wildman–Crippen MR) is 115 cm³/mol. The Morgan fingerprint density at radius 3 is 2.43 bits per heavy atom. The van der Waals surface area contributed by atoms with E-state index in [-0.39, 0.29) is 5.91 Å². The first-order chi connectivity index (χ1) is 14.7. The molecule has 0 bridgehead atoms. The molecule has 1 aliphatic carbocycles. The van der Waals surface area contributed by atoms with Gasteiger partial charge >= 0.3 is 0 Å². The molecule has 2 heterocycles. The van der Waals surface area contributed by atoms with Gasteiger partial charge in [-0.05, 0) is 43.2 Å². The molecule has 0 spiro atoms. The SMILES string of the molecule is N#Cc1cccc(C(=O)N2CCN(c3nc4ccccc4nc3NC3CC3)CC2)c1. The van der Waals surface area contributed by atoms with E-state index in [1.165, 1.54) is 0 Å². The Labute approximate surface area is 175 Å². The maximum Gasteiger partial charge on any atom is 0.254 e. The zero-order valence-electron chi connectivity index (χ0n) is 16.6. The standard InChI is InChI=1S/C23H22N6O/c24-15-16-4-3-5-17(14-16)23(30)29-12-10-28(11-13-29)22-21(25-18-8-9-18)26-19-6-1-2-7-20(19)27-22/h1-7,14,18H,8-13H2,(H,25,26). The van der Waals surface area contributed by atoms with Crippen LogP contribution in [0, 0.1) is 11.3 Å². The minimum atomic E-state index is -0.0346. The van der Waals surface area contributed by atoms with E-state index in [1.54, 1.807) is 24.3 Å². The van der Waals surface area contributed by atoms with Gasteiger partial charge in [-0.2, -0.15) is 5.26 Å². The van der Waals surface area contributed by atoms with Crippen molar-refractivity contribution in [2.75, 3.05) is 36.4 Å². The van der Waals surface area contributed by atoms with Crippen LogP contribution in [0.2, 0.25) is 0 Å². The summed E-state index contributed by atoms with van der Waals surface area (Å²) in [5.41, 5.74) is 2.82. The molecule has 2 aromatic carbocycles. The second-order valence-electron chi connectivity index (χ2n) is 7.78. The van der Waals surface area contributed by atoms with Crippen LogP contribution in [0.4, 0.5) is 11.6 Å². The molecule has 5 rings (SSSR count). The van der Waals surface area contributed by atoms with Crippen LogP contribution in [0.3, 0.4) is 0 Å². The lowest BCUT2D eigenvalue weighted by Gasteiger charge is -2.36. The molecule has 7 heteroatoms. The van der Waals surface area contributed by atoms with Crippen molar-refractivity contribution in [2.24, 2.45) is 0 Å². The van der Waals surface area contributed by atoms with Gasteiger partial charge in [-0.15, -0.1) is 0 Å². The summed E-state index contributed by atoms with van der Waals surface area (Å²) in [6.07, 6.45) is 2.33. The molecule has 1 saturated heterocycles. The van der Waals surface area contributed by atoms with Crippen LogP contribution in [-0.4, -0.2) is 53.0 Å². The molecule has 1 aliphatic heterocycles. The number of fused-ring (bicyclic) bond motifs is 1. The smallest absolute Gasteiger partial charge is 0.254 e. The molecule has 2 aliphatic rings. The molecule has 2 fully saturated rings. The van der Waals surface area contributed by atoms with Gasteiger partial charge in [0, 0.05) is 37.8 Å². The van der Waals surface area contributed by atoms with Crippen LogP contribution < -0.4 is 10.2 Å². The molecular formula is C23H22N6O. The van der Waals surface area contributed by atoms with Crippen LogP contribution in [-0.2, 0) is 0 Å². The third-order valence-electron chi connectivity index (χ3n) is 5.58. The van der Waals surface area contributed by atoms with Crippen molar-refractivity contribution in [1.29, 1.82) is 5.26 Å². The van der Waals surface area contributed by atoms with Gasteiger partial charge < -0.3 is 15.1 Å². The third-order valence-corrected chi connectivity index (χ3v) is 5.58. The molecule has 1 aromatic heterocycles. The molecule has 30 heavy (non-hydrogen) atoms. The highest BCUT2D eigenvalue weighted by Gasteiger charge is 2.28. The summed E-state index contributed by atoms with van der Waals surface area (Å²) in [6.45, 7) is 2.59. The Morgan fingerprint density at radius 2 is 1.73 bits per heavy atom. The Kier molecular flexibility index (Phi) is 4.68. The van der Waals surface area contributed by atoms with Crippen molar-refractivity contribution in [1.82, 2.24) is 14.9 Å². The van der Waals surface area contributed by atoms with Gasteiger partial charge in [-0.3, -0.25) is 4.79 Å². The Balaban J connectivity index is 1.35. The van der Waals surface area contributed by atoms with Gasteiger partial charge in [0.05, 0.1) is 22.7 Å². The number of anilines is 2. The van der Waals surface area contributed by atoms with E-state index in [0.29, 0.717) is 43.3 Å². The highest BCUT2D eigenvalue weighted by Crippen LogP contribution is 2.31. The maximum absolute atomic E-state index is 12.9. The number of hydrogen-bond acceptors (Lipinski definition) is 6. The second-order valence-corrected chi connectivity index (χ2v) is 7.78. The van der Waals surface area contributed by atoms with Crippen LogP contribution in [0.25, 0.3) is 11.0 Å². The van der Waals surface area contributed by atoms with E-state index >= 15 is 0 Å². The number of benzene rings is 2. The highest BCUT2D eigenvalue weighted by molar-refractivity contribution is 5.94. The topological polar surface area (TPSA) is 85.2 Å². The minimum Gasteiger partial charge on any atom is -0.364 e. The Morgan fingerprint density at radius 1 is 1.00 bits per heavy atom. The van der Waals surface area contributed by atoms with Gasteiger partial charge in [0.25, 0.3) is 5.91 Å². The van der Waals surface area contributed by atoms with E-state index < -0.39 is 0 Å². The number of rotatable bonds is 4. The number of nitrogens with one attached hydrogen (secondary N) is 1. The number of nitrogens with zero attached hydrogens (tertiary/aromatic N) is 5. The molecule has 0 radical (unpaired) electrons. The summed E-state index contributed by atoms with van der Waals surface area (Å²) in [7, 11) is 0. The van der Waals surface area contributed by atoms with Crippen LogP contribution in [0.15, 0.2) is 48.5 Å². The molecule has 0 unspecified atom stereocenters. The van der Waals surface area contributed by atoms with E-state index in [0.717, 1.165) is 35.5 Å². The number of hydrogen-bond donors (Lipinski definition) is 1. The number of piperazine rings is 1. The molecule has 0 atom stereocenters. The number of carbonyl (C=O) groups excluding carboxylic acids is 1.